The lowest BCUT2D eigenvalue weighted by Crippen LogP contribution is -2.49. The summed E-state index contributed by atoms with van der Waals surface area (Å²) in [6, 6.07) is 4.03. The van der Waals surface area contributed by atoms with Crippen LogP contribution in [0, 0.1) is 5.41 Å². The first-order valence-electron chi connectivity index (χ1n) is 7.01. The van der Waals surface area contributed by atoms with E-state index in [9.17, 15) is 5.11 Å². The summed E-state index contributed by atoms with van der Waals surface area (Å²) in [6.45, 7) is 0. The van der Waals surface area contributed by atoms with Crippen LogP contribution in [-0.2, 0) is 6.42 Å². The molecule has 0 radical (unpaired) electrons. The minimum Gasteiger partial charge on any atom is -0.393 e. The predicted molar refractivity (Wildman–Crippen MR) is 82.6 cm³/mol. The maximum Gasteiger partial charge on any atom is 0.136 e. The highest BCUT2D eigenvalue weighted by Gasteiger charge is 2.42. The van der Waals surface area contributed by atoms with Crippen LogP contribution in [-0.4, -0.2) is 25.6 Å². The molecule has 2 unspecified atom stereocenters. The maximum atomic E-state index is 10.4. The fraction of sp³-hybridized carbons (Fsp3) is 0.467. The Hall–Kier alpha value is -1.46. The van der Waals surface area contributed by atoms with E-state index in [1.165, 1.54) is 0 Å². The van der Waals surface area contributed by atoms with Crippen molar-refractivity contribution in [2.75, 3.05) is 0 Å². The van der Waals surface area contributed by atoms with Gasteiger partial charge in [-0.1, -0.05) is 31.1 Å². The number of nitrogens with two attached hydrogens (primary N) is 1. The van der Waals surface area contributed by atoms with E-state index in [0.29, 0.717) is 11.4 Å². The van der Waals surface area contributed by atoms with Crippen LogP contribution in [0.5, 0.6) is 0 Å². The quantitative estimate of drug-likeness (QED) is 0.849. The summed E-state index contributed by atoms with van der Waals surface area (Å²) >= 11 is 5.28. The summed E-state index contributed by atoms with van der Waals surface area (Å²) in [5.41, 5.74) is 7.58. The molecule has 2 aromatic heterocycles. The zero-order valence-electron chi connectivity index (χ0n) is 11.3. The molecule has 1 aliphatic rings. The van der Waals surface area contributed by atoms with E-state index in [-0.39, 0.29) is 0 Å². The highest BCUT2D eigenvalue weighted by molar-refractivity contribution is 7.80. The summed E-state index contributed by atoms with van der Waals surface area (Å²) in [7, 11) is 0. The van der Waals surface area contributed by atoms with Gasteiger partial charge in [0.1, 0.15) is 5.65 Å². The maximum absolute atomic E-state index is 10.4. The van der Waals surface area contributed by atoms with E-state index in [2.05, 4.69) is 4.98 Å². The molecule has 0 aliphatic heterocycles. The van der Waals surface area contributed by atoms with E-state index in [1.807, 2.05) is 28.9 Å². The van der Waals surface area contributed by atoms with E-state index in [1.54, 1.807) is 6.20 Å². The highest BCUT2D eigenvalue weighted by atomic mass is 32.1. The highest BCUT2D eigenvalue weighted by Crippen LogP contribution is 2.40. The molecule has 20 heavy (non-hydrogen) atoms. The molecule has 2 atom stereocenters. The van der Waals surface area contributed by atoms with E-state index in [0.717, 1.165) is 36.9 Å². The molecule has 1 fully saturated rings. The van der Waals surface area contributed by atoms with Gasteiger partial charge >= 0.3 is 0 Å². The van der Waals surface area contributed by atoms with E-state index < -0.39 is 11.5 Å². The smallest absolute Gasteiger partial charge is 0.136 e. The van der Waals surface area contributed by atoms with Crippen molar-refractivity contribution in [3.8, 4) is 0 Å². The summed E-state index contributed by atoms with van der Waals surface area (Å²) < 4.78 is 1.98. The Bertz CT molecular complexity index is 639. The molecule has 1 aliphatic carbocycles. The molecule has 3 N–H and O–H groups in total. The zero-order chi connectivity index (χ0) is 14.2. The lowest BCUT2D eigenvalue weighted by molar-refractivity contribution is 0.0348. The number of hydrogen-bond donors (Lipinski definition) is 2. The average molecular weight is 289 g/mol. The first kappa shape index (κ1) is 13.5. The molecule has 0 bridgehead atoms. The molecule has 4 nitrogen and oxygen atoms in total. The van der Waals surface area contributed by atoms with Crippen molar-refractivity contribution in [1.82, 2.24) is 9.38 Å². The Morgan fingerprint density at radius 3 is 3.10 bits per heavy atom. The van der Waals surface area contributed by atoms with Gasteiger partial charge in [0.05, 0.1) is 16.5 Å². The van der Waals surface area contributed by atoms with Crippen LogP contribution in [0.3, 0.4) is 0 Å². The summed E-state index contributed by atoms with van der Waals surface area (Å²) in [5, 5.41) is 10.4. The van der Waals surface area contributed by atoms with Crippen LogP contribution < -0.4 is 5.73 Å². The average Bonchev–Trinajstić information content (AvgIpc) is 2.88. The normalized spacial score (nSPS) is 26.8. The molecule has 5 heteroatoms. The van der Waals surface area contributed by atoms with Gasteiger partial charge in [0.15, 0.2) is 0 Å². The molecule has 2 heterocycles. The number of aliphatic hydroxyl groups excluding tert-OH is 1. The molecule has 2 aromatic rings. The molecule has 1 saturated carbocycles. The Labute approximate surface area is 123 Å². The Kier molecular flexibility index (Phi) is 3.48. The first-order valence-corrected chi connectivity index (χ1v) is 7.42. The molecule has 0 saturated heterocycles. The number of hydrogen-bond acceptors (Lipinski definition) is 3. The zero-order valence-corrected chi connectivity index (χ0v) is 12.1. The molecule has 0 amide bonds. The van der Waals surface area contributed by atoms with Crippen LogP contribution in [0.2, 0.25) is 0 Å². The van der Waals surface area contributed by atoms with Crippen molar-refractivity contribution in [1.29, 1.82) is 0 Å². The Morgan fingerprint density at radius 1 is 1.50 bits per heavy atom. The van der Waals surface area contributed by atoms with Gasteiger partial charge in [-0.3, -0.25) is 0 Å². The topological polar surface area (TPSA) is 63.5 Å². The fourth-order valence-corrected chi connectivity index (χ4v) is 3.55. The Morgan fingerprint density at radius 2 is 2.35 bits per heavy atom. The van der Waals surface area contributed by atoms with Gasteiger partial charge in [-0.05, 0) is 30.9 Å². The van der Waals surface area contributed by atoms with E-state index in [4.69, 9.17) is 18.0 Å². The summed E-state index contributed by atoms with van der Waals surface area (Å²) in [6.07, 6.45) is 9.76. The van der Waals surface area contributed by atoms with Crippen LogP contribution >= 0.6 is 12.2 Å². The third-order valence-electron chi connectivity index (χ3n) is 4.45. The number of aromatic nitrogens is 2. The van der Waals surface area contributed by atoms with Gasteiger partial charge in [-0.15, -0.1) is 0 Å². The Balaban J connectivity index is 1.94. The third kappa shape index (κ3) is 2.21. The largest absolute Gasteiger partial charge is 0.393 e. The lowest BCUT2D eigenvalue weighted by atomic mass is 9.68. The van der Waals surface area contributed by atoms with Crippen LogP contribution in [0.25, 0.3) is 5.65 Å². The molecular formula is C15H19N3OS. The van der Waals surface area contributed by atoms with Crippen molar-refractivity contribution >= 4 is 22.9 Å². The van der Waals surface area contributed by atoms with Crippen molar-refractivity contribution in [3.05, 3.63) is 36.3 Å². The number of fused-ring (bicyclic) bond motifs is 1. The predicted octanol–water partition coefficient (Wildman–Crippen LogP) is 2.08. The molecule has 106 valence electrons. The van der Waals surface area contributed by atoms with Gasteiger partial charge < -0.3 is 15.2 Å². The second-order valence-corrected chi connectivity index (χ2v) is 6.13. The number of pyridine rings is 1. The fourth-order valence-electron chi connectivity index (χ4n) is 3.24. The molecule has 0 spiro atoms. The SMILES string of the molecule is NC(=S)C1(Cc2ccc3nccn3c2)CCCCC1O. The first-order chi connectivity index (χ1) is 9.62. The van der Waals surface area contributed by atoms with Crippen molar-refractivity contribution in [3.63, 3.8) is 0 Å². The number of imidazole rings is 1. The van der Waals surface area contributed by atoms with Crippen molar-refractivity contribution in [2.24, 2.45) is 11.1 Å². The number of nitrogens with zero attached hydrogens (tertiary/aromatic N) is 2. The van der Waals surface area contributed by atoms with Crippen LogP contribution in [0.15, 0.2) is 30.7 Å². The van der Waals surface area contributed by atoms with Gasteiger partial charge in [0.25, 0.3) is 0 Å². The number of thiocarbonyl (C=S) groups is 1. The van der Waals surface area contributed by atoms with Crippen molar-refractivity contribution < 1.29 is 5.11 Å². The minimum atomic E-state index is -0.457. The minimum absolute atomic E-state index is 0.438. The van der Waals surface area contributed by atoms with Crippen LogP contribution in [0.1, 0.15) is 31.2 Å². The van der Waals surface area contributed by atoms with E-state index >= 15 is 0 Å². The van der Waals surface area contributed by atoms with Gasteiger partial charge in [0.2, 0.25) is 0 Å². The summed E-state index contributed by atoms with van der Waals surface area (Å²) in [5.74, 6) is 0. The lowest BCUT2D eigenvalue weighted by Gasteiger charge is -2.41. The van der Waals surface area contributed by atoms with Crippen molar-refractivity contribution in [2.45, 2.75) is 38.2 Å². The molecular weight excluding hydrogens is 270 g/mol. The van der Waals surface area contributed by atoms with Gasteiger partial charge in [0, 0.05) is 18.6 Å². The monoisotopic (exact) mass is 289 g/mol. The summed E-state index contributed by atoms with van der Waals surface area (Å²) in [4.78, 5) is 4.68. The standard InChI is InChI=1S/C15H19N3OS/c16-14(20)15(6-2-1-3-12(15)19)9-11-4-5-13-17-7-8-18(13)10-11/h4-5,7-8,10,12,19H,1-3,6,9H2,(H2,16,20). The molecule has 0 aromatic carbocycles. The van der Waals surface area contributed by atoms with Gasteiger partial charge in [-0.25, -0.2) is 4.98 Å². The second-order valence-electron chi connectivity index (χ2n) is 5.69. The number of rotatable bonds is 3. The molecule has 3 rings (SSSR count). The second kappa shape index (κ2) is 5.14. The van der Waals surface area contributed by atoms with Gasteiger partial charge in [-0.2, -0.15) is 0 Å². The van der Waals surface area contributed by atoms with Crippen LogP contribution in [0.4, 0.5) is 0 Å². The number of aliphatic hydroxyl groups is 1. The third-order valence-corrected chi connectivity index (χ3v) is 4.86.